The summed E-state index contributed by atoms with van der Waals surface area (Å²) in [7, 11) is 2.92. The lowest BCUT2D eigenvalue weighted by Gasteiger charge is -2.34. The van der Waals surface area contributed by atoms with Crippen molar-refractivity contribution in [2.45, 2.75) is 18.7 Å². The number of amides is 1. The van der Waals surface area contributed by atoms with E-state index in [1.807, 2.05) is 0 Å². The minimum Gasteiger partial charge on any atom is -0.493 e. The molecule has 1 aromatic carbocycles. The fourth-order valence-corrected chi connectivity index (χ4v) is 2.44. The van der Waals surface area contributed by atoms with E-state index >= 15 is 0 Å². The number of benzene rings is 1. The van der Waals surface area contributed by atoms with E-state index < -0.39 is 24.7 Å². The summed E-state index contributed by atoms with van der Waals surface area (Å²) in [5.74, 6) is 0.464. The van der Waals surface area contributed by atoms with Gasteiger partial charge in [-0.3, -0.25) is 4.79 Å². The Bertz CT molecular complexity index is 562. The molecule has 1 amide bonds. The quantitative estimate of drug-likeness (QED) is 0.846. The van der Waals surface area contributed by atoms with Crippen molar-refractivity contribution in [3.8, 4) is 11.5 Å². The number of ether oxygens (including phenoxy) is 3. The maximum absolute atomic E-state index is 12.7. The first-order valence-electron chi connectivity index (χ1n) is 7.02. The van der Waals surface area contributed by atoms with E-state index in [9.17, 15) is 18.0 Å². The van der Waals surface area contributed by atoms with Gasteiger partial charge in [-0.15, -0.1) is 0 Å². The summed E-state index contributed by atoms with van der Waals surface area (Å²) in [6.07, 6.45) is -6.48. The zero-order valence-electron chi connectivity index (χ0n) is 12.9. The molecule has 1 aliphatic rings. The van der Waals surface area contributed by atoms with E-state index in [1.54, 1.807) is 18.2 Å². The van der Waals surface area contributed by atoms with Crippen LogP contribution >= 0.6 is 0 Å². The highest BCUT2D eigenvalue weighted by Gasteiger charge is 2.44. The largest absolute Gasteiger partial charge is 0.493 e. The number of halogens is 3. The van der Waals surface area contributed by atoms with Gasteiger partial charge in [0.2, 0.25) is 5.91 Å². The molecule has 23 heavy (non-hydrogen) atoms. The molecule has 0 bridgehead atoms. The molecule has 0 N–H and O–H groups in total. The van der Waals surface area contributed by atoms with Crippen LogP contribution in [-0.2, 0) is 16.0 Å². The SMILES string of the molecule is COc1cccc(CC(=O)N2CCO[C@H](C(F)(F)F)C2)c1OC. The van der Waals surface area contributed by atoms with Crippen LogP contribution < -0.4 is 9.47 Å². The molecule has 1 fully saturated rings. The summed E-state index contributed by atoms with van der Waals surface area (Å²) < 4.78 is 53.2. The van der Waals surface area contributed by atoms with Gasteiger partial charge in [0.1, 0.15) is 0 Å². The zero-order chi connectivity index (χ0) is 17.0. The van der Waals surface area contributed by atoms with E-state index in [-0.39, 0.29) is 19.6 Å². The topological polar surface area (TPSA) is 48.0 Å². The van der Waals surface area contributed by atoms with Crippen molar-refractivity contribution in [2.24, 2.45) is 0 Å². The van der Waals surface area contributed by atoms with Crippen LogP contribution in [0, 0.1) is 0 Å². The predicted octanol–water partition coefficient (Wildman–Crippen LogP) is 2.04. The van der Waals surface area contributed by atoms with Gasteiger partial charge in [0.05, 0.1) is 33.8 Å². The number of carbonyl (C=O) groups is 1. The Balaban J connectivity index is 2.10. The molecule has 0 saturated carbocycles. The molecular formula is C15H18F3NO4. The molecule has 1 heterocycles. The Morgan fingerprint density at radius 1 is 1.35 bits per heavy atom. The molecule has 0 unspecified atom stereocenters. The summed E-state index contributed by atoms with van der Waals surface area (Å²) in [4.78, 5) is 13.5. The molecule has 0 spiro atoms. The van der Waals surface area contributed by atoms with E-state index in [0.29, 0.717) is 17.1 Å². The van der Waals surface area contributed by atoms with Crippen molar-refractivity contribution in [1.29, 1.82) is 0 Å². The van der Waals surface area contributed by atoms with Gasteiger partial charge in [-0.25, -0.2) is 0 Å². The minimum absolute atomic E-state index is 0.0645. The molecule has 0 aliphatic carbocycles. The van der Waals surface area contributed by atoms with Crippen LogP contribution in [0.25, 0.3) is 0 Å². The smallest absolute Gasteiger partial charge is 0.416 e. The molecule has 128 valence electrons. The molecule has 8 heteroatoms. The number of carbonyl (C=O) groups excluding carboxylic acids is 1. The Hall–Kier alpha value is -1.96. The standard InChI is InChI=1S/C15H18F3NO4/c1-21-11-5-3-4-10(14(11)22-2)8-13(20)19-6-7-23-12(9-19)15(16,17)18/h3-5,12H,6-9H2,1-2H3/t12-/m0/s1. The first kappa shape index (κ1) is 17.4. The van der Waals surface area contributed by atoms with E-state index in [2.05, 4.69) is 0 Å². The highest BCUT2D eigenvalue weighted by atomic mass is 19.4. The van der Waals surface area contributed by atoms with Crippen molar-refractivity contribution in [3.63, 3.8) is 0 Å². The molecule has 0 radical (unpaired) electrons. The van der Waals surface area contributed by atoms with Crippen molar-refractivity contribution in [1.82, 2.24) is 4.90 Å². The molecule has 1 aromatic rings. The molecule has 0 aromatic heterocycles. The maximum Gasteiger partial charge on any atom is 0.416 e. The third kappa shape index (κ3) is 4.07. The highest BCUT2D eigenvalue weighted by Crippen LogP contribution is 2.31. The van der Waals surface area contributed by atoms with Crippen LogP contribution in [0.1, 0.15) is 5.56 Å². The first-order valence-corrected chi connectivity index (χ1v) is 7.02. The van der Waals surface area contributed by atoms with E-state index in [0.717, 1.165) is 0 Å². The number of nitrogens with zero attached hydrogens (tertiary/aromatic N) is 1. The fourth-order valence-electron chi connectivity index (χ4n) is 2.44. The number of para-hydroxylation sites is 1. The third-order valence-electron chi connectivity index (χ3n) is 3.61. The van der Waals surface area contributed by atoms with Gasteiger partial charge in [-0.1, -0.05) is 12.1 Å². The number of alkyl halides is 3. The van der Waals surface area contributed by atoms with E-state index in [1.165, 1.54) is 19.1 Å². The fraction of sp³-hybridized carbons (Fsp3) is 0.533. The first-order chi connectivity index (χ1) is 10.9. The normalized spacial score (nSPS) is 18.7. The summed E-state index contributed by atoms with van der Waals surface area (Å²) in [6, 6.07) is 5.06. The average molecular weight is 333 g/mol. The van der Waals surface area contributed by atoms with Crippen molar-refractivity contribution in [2.75, 3.05) is 33.9 Å². The number of hydrogen-bond acceptors (Lipinski definition) is 4. The average Bonchev–Trinajstić information content (AvgIpc) is 2.53. The maximum atomic E-state index is 12.7. The number of rotatable bonds is 4. The Morgan fingerprint density at radius 3 is 2.70 bits per heavy atom. The zero-order valence-corrected chi connectivity index (χ0v) is 12.9. The van der Waals surface area contributed by atoms with Crippen LogP contribution in [0.2, 0.25) is 0 Å². The van der Waals surface area contributed by atoms with Gasteiger partial charge < -0.3 is 19.1 Å². The summed E-state index contributed by atoms with van der Waals surface area (Å²) >= 11 is 0. The number of hydrogen-bond donors (Lipinski definition) is 0. The second-order valence-electron chi connectivity index (χ2n) is 5.07. The molecule has 5 nitrogen and oxygen atoms in total. The Morgan fingerprint density at radius 2 is 2.09 bits per heavy atom. The third-order valence-corrected chi connectivity index (χ3v) is 3.61. The predicted molar refractivity (Wildman–Crippen MR) is 75.6 cm³/mol. The molecule has 1 atom stereocenters. The van der Waals surface area contributed by atoms with Crippen molar-refractivity contribution < 1.29 is 32.2 Å². The lowest BCUT2D eigenvalue weighted by atomic mass is 10.1. The molecular weight excluding hydrogens is 315 g/mol. The second kappa shape index (κ2) is 7.08. The van der Waals surface area contributed by atoms with Crippen LogP contribution in [0.3, 0.4) is 0 Å². The molecule has 1 saturated heterocycles. The lowest BCUT2D eigenvalue weighted by Crippen LogP contribution is -2.51. The number of methoxy groups -OCH3 is 2. The summed E-state index contributed by atoms with van der Waals surface area (Å²) in [5, 5.41) is 0. The Labute approximate surface area is 131 Å². The minimum atomic E-state index is -4.48. The monoisotopic (exact) mass is 333 g/mol. The van der Waals surface area contributed by atoms with Crippen molar-refractivity contribution in [3.05, 3.63) is 23.8 Å². The Kier molecular flexibility index (Phi) is 5.35. The van der Waals surface area contributed by atoms with Crippen LogP contribution in [0.15, 0.2) is 18.2 Å². The van der Waals surface area contributed by atoms with Crippen LogP contribution in [-0.4, -0.2) is 57.0 Å². The van der Waals surface area contributed by atoms with Gasteiger partial charge in [0.25, 0.3) is 0 Å². The number of morpholine rings is 1. The molecule has 1 aliphatic heterocycles. The second-order valence-corrected chi connectivity index (χ2v) is 5.07. The van der Waals surface area contributed by atoms with Gasteiger partial charge >= 0.3 is 6.18 Å². The van der Waals surface area contributed by atoms with Gasteiger partial charge in [-0.05, 0) is 6.07 Å². The molecule has 2 rings (SSSR count). The highest BCUT2D eigenvalue weighted by molar-refractivity contribution is 5.80. The van der Waals surface area contributed by atoms with Crippen LogP contribution in [0.5, 0.6) is 11.5 Å². The lowest BCUT2D eigenvalue weighted by molar-refractivity contribution is -0.236. The van der Waals surface area contributed by atoms with E-state index in [4.69, 9.17) is 14.2 Å². The van der Waals surface area contributed by atoms with Crippen LogP contribution in [0.4, 0.5) is 13.2 Å². The summed E-state index contributed by atoms with van der Waals surface area (Å²) in [5.41, 5.74) is 0.562. The summed E-state index contributed by atoms with van der Waals surface area (Å²) in [6.45, 7) is -0.489. The van der Waals surface area contributed by atoms with Gasteiger partial charge in [0, 0.05) is 12.1 Å². The van der Waals surface area contributed by atoms with Gasteiger partial charge in [-0.2, -0.15) is 13.2 Å². The van der Waals surface area contributed by atoms with Crippen molar-refractivity contribution >= 4 is 5.91 Å². The van der Waals surface area contributed by atoms with Gasteiger partial charge in [0.15, 0.2) is 17.6 Å².